The van der Waals surface area contributed by atoms with Crippen molar-refractivity contribution in [2.45, 2.75) is 13.8 Å². The van der Waals surface area contributed by atoms with Gasteiger partial charge in [-0.2, -0.15) is 0 Å². The second-order valence-electron chi connectivity index (χ2n) is 2.14. The lowest BCUT2D eigenvalue weighted by atomic mass is 10.5. The number of rotatable bonds is 1. The minimum atomic E-state index is -0.400. The fourth-order valence-electron chi connectivity index (χ4n) is 0.828. The third-order valence-electron chi connectivity index (χ3n) is 1.41. The van der Waals surface area contributed by atoms with Crippen molar-refractivity contribution >= 4 is 12.7 Å². The van der Waals surface area contributed by atoms with Gasteiger partial charge in [-0.3, -0.25) is 4.57 Å². The number of oxazole rings is 1. The molecule has 0 saturated heterocycles. The first kappa shape index (κ1) is 11.5. The summed E-state index contributed by atoms with van der Waals surface area (Å²) in [5, 5.41) is 0.657. The van der Waals surface area contributed by atoms with Gasteiger partial charge in [0.15, 0.2) is 0 Å². The lowest BCUT2D eigenvalue weighted by molar-refractivity contribution is 0.471. The van der Waals surface area contributed by atoms with Crippen LogP contribution in [0.15, 0.2) is 21.9 Å². The fourth-order valence-corrected chi connectivity index (χ4v) is 0.828. The van der Waals surface area contributed by atoms with Crippen LogP contribution in [0.5, 0.6) is 0 Å². The van der Waals surface area contributed by atoms with Crippen molar-refractivity contribution in [2.75, 3.05) is 0 Å². The first-order valence-corrected chi connectivity index (χ1v) is 4.14. The molecule has 0 aliphatic carbocycles. The van der Waals surface area contributed by atoms with E-state index in [2.05, 4.69) is 13.2 Å². The predicted octanol–water partition coefficient (Wildman–Crippen LogP) is 0.381. The topological polar surface area (TPSA) is 35.1 Å². The lowest BCUT2D eigenvalue weighted by Gasteiger charge is -1.81. The Morgan fingerprint density at radius 3 is 2.31 bits per heavy atom. The summed E-state index contributed by atoms with van der Waals surface area (Å²) in [6.07, 6.45) is 3.26. The highest BCUT2D eigenvalue weighted by Gasteiger charge is 1.95. The molecule has 0 saturated carbocycles. The fraction of sp³-hybridized carbons (Fsp3) is 0.300. The highest BCUT2D eigenvalue weighted by atomic mass is 16.4. The first-order chi connectivity index (χ1) is 6.16. The molecule has 0 fully saturated rings. The molecule has 72 valence electrons. The van der Waals surface area contributed by atoms with Crippen molar-refractivity contribution in [2.24, 2.45) is 7.05 Å². The Kier molecular flexibility index (Phi) is 4.59. The number of nitrogens with zero attached hydrogens (tertiary/aromatic N) is 1. The van der Waals surface area contributed by atoms with Crippen LogP contribution in [0, 0.1) is 0 Å². The summed E-state index contributed by atoms with van der Waals surface area (Å²) in [5.41, 5.74) is 0.373. The van der Waals surface area contributed by atoms with Crippen molar-refractivity contribution < 1.29 is 4.42 Å². The molecular weight excluding hydrogens is 166 g/mol. The van der Waals surface area contributed by atoms with Crippen LogP contribution in [-0.2, 0) is 7.05 Å². The zero-order valence-corrected chi connectivity index (χ0v) is 8.33. The molecule has 1 rings (SSSR count). The van der Waals surface area contributed by atoms with E-state index in [9.17, 15) is 4.79 Å². The van der Waals surface area contributed by atoms with Crippen LogP contribution in [0.2, 0.25) is 0 Å². The SMILES string of the molecule is C=C/C=c1\c(=C)oc(=O)n1C.CC. The quantitative estimate of drug-likeness (QED) is 0.628. The highest BCUT2D eigenvalue weighted by molar-refractivity contribution is 5.32. The highest BCUT2D eigenvalue weighted by Crippen LogP contribution is 1.63. The summed E-state index contributed by atoms with van der Waals surface area (Å²) < 4.78 is 6.09. The summed E-state index contributed by atoms with van der Waals surface area (Å²) in [7, 11) is 1.62. The van der Waals surface area contributed by atoms with E-state index in [1.165, 1.54) is 4.57 Å². The van der Waals surface area contributed by atoms with Crippen molar-refractivity contribution in [3.05, 3.63) is 34.0 Å². The van der Waals surface area contributed by atoms with Crippen LogP contribution in [0.4, 0.5) is 0 Å². The third kappa shape index (κ3) is 2.47. The molecule has 0 aromatic carbocycles. The van der Waals surface area contributed by atoms with Crippen LogP contribution in [-0.4, -0.2) is 4.57 Å². The number of hydrogen-bond donors (Lipinski definition) is 0. The Morgan fingerprint density at radius 1 is 1.46 bits per heavy atom. The molecule has 1 aromatic heterocycles. The van der Waals surface area contributed by atoms with Gasteiger partial charge in [0.1, 0.15) is 5.42 Å². The van der Waals surface area contributed by atoms with Crippen molar-refractivity contribution in [3.63, 3.8) is 0 Å². The Morgan fingerprint density at radius 2 is 2.00 bits per heavy atom. The molecule has 0 radical (unpaired) electrons. The summed E-state index contributed by atoms with van der Waals surface area (Å²) in [5.74, 6) is -0.400. The molecular formula is C10H15NO2. The normalized spacial score (nSPS) is 10.5. The second kappa shape index (κ2) is 5.19. The Labute approximate surface area is 77.3 Å². The predicted molar refractivity (Wildman–Crippen MR) is 54.7 cm³/mol. The molecule has 0 amide bonds. The average molecular weight is 181 g/mol. The smallest absolute Gasteiger partial charge is 0.408 e. The molecule has 1 aromatic rings. The van der Waals surface area contributed by atoms with Gasteiger partial charge >= 0.3 is 5.76 Å². The van der Waals surface area contributed by atoms with Gasteiger partial charge in [0.2, 0.25) is 0 Å². The van der Waals surface area contributed by atoms with E-state index in [-0.39, 0.29) is 0 Å². The first-order valence-electron chi connectivity index (χ1n) is 4.14. The van der Waals surface area contributed by atoms with E-state index >= 15 is 0 Å². The summed E-state index contributed by atoms with van der Waals surface area (Å²) in [4.78, 5) is 10.8. The molecule has 0 aliphatic rings. The molecule has 0 unspecified atom stereocenters. The maximum Gasteiger partial charge on any atom is 0.419 e. The van der Waals surface area contributed by atoms with Gasteiger partial charge in [-0.25, -0.2) is 4.79 Å². The standard InChI is InChI=1S/C8H9NO2.C2H6/c1-4-5-7-6(2)11-8(10)9(7)3;1-2/h4-5H,1-2H2,3H3;1-2H3/b7-5+;. The number of hydrogen-bond acceptors (Lipinski definition) is 2. The molecule has 3 nitrogen and oxygen atoms in total. The molecule has 0 aliphatic heterocycles. The van der Waals surface area contributed by atoms with Gasteiger partial charge in [0, 0.05) is 7.05 Å². The van der Waals surface area contributed by atoms with Crippen LogP contribution in [0.25, 0.3) is 12.7 Å². The van der Waals surface area contributed by atoms with E-state index in [0.29, 0.717) is 10.8 Å². The van der Waals surface area contributed by atoms with Crippen molar-refractivity contribution in [1.82, 2.24) is 4.57 Å². The van der Waals surface area contributed by atoms with E-state index in [0.717, 1.165) is 0 Å². The zero-order chi connectivity index (χ0) is 10.4. The Bertz CT molecular complexity index is 423. The zero-order valence-electron chi connectivity index (χ0n) is 8.33. The molecule has 3 heteroatoms. The van der Waals surface area contributed by atoms with E-state index in [1.807, 2.05) is 13.8 Å². The third-order valence-corrected chi connectivity index (χ3v) is 1.41. The van der Waals surface area contributed by atoms with Crippen LogP contribution < -0.4 is 16.5 Å². The summed E-state index contributed by atoms with van der Waals surface area (Å²) in [6.45, 7) is 11.1. The molecule has 0 atom stereocenters. The van der Waals surface area contributed by atoms with Crippen molar-refractivity contribution in [3.8, 4) is 0 Å². The van der Waals surface area contributed by atoms with Gasteiger partial charge in [0.05, 0.1) is 5.35 Å². The minimum absolute atomic E-state index is 0.373. The van der Waals surface area contributed by atoms with Crippen LogP contribution >= 0.6 is 0 Å². The maximum absolute atomic E-state index is 10.8. The van der Waals surface area contributed by atoms with Gasteiger partial charge in [0.25, 0.3) is 0 Å². The van der Waals surface area contributed by atoms with Crippen LogP contribution in [0.3, 0.4) is 0 Å². The molecule has 0 N–H and O–H groups in total. The Balaban J connectivity index is 0.000000671. The van der Waals surface area contributed by atoms with E-state index in [4.69, 9.17) is 4.42 Å². The van der Waals surface area contributed by atoms with E-state index < -0.39 is 5.76 Å². The Hall–Kier alpha value is -1.51. The van der Waals surface area contributed by atoms with Gasteiger partial charge in [-0.15, -0.1) is 0 Å². The summed E-state index contributed by atoms with van der Waals surface area (Å²) >= 11 is 0. The monoisotopic (exact) mass is 181 g/mol. The van der Waals surface area contributed by atoms with Gasteiger partial charge in [-0.05, 0) is 6.08 Å². The molecule has 0 bridgehead atoms. The van der Waals surface area contributed by atoms with Crippen molar-refractivity contribution in [1.29, 1.82) is 0 Å². The number of aromatic nitrogens is 1. The van der Waals surface area contributed by atoms with Gasteiger partial charge in [-0.1, -0.05) is 33.1 Å². The van der Waals surface area contributed by atoms with Gasteiger partial charge < -0.3 is 4.42 Å². The largest absolute Gasteiger partial charge is 0.419 e. The van der Waals surface area contributed by atoms with Crippen LogP contribution in [0.1, 0.15) is 13.8 Å². The maximum atomic E-state index is 10.8. The second-order valence-corrected chi connectivity index (χ2v) is 2.14. The average Bonchev–Trinajstić information content (AvgIpc) is 2.36. The summed E-state index contributed by atoms with van der Waals surface area (Å²) in [6, 6.07) is 0. The molecule has 13 heavy (non-hydrogen) atoms. The molecule has 0 spiro atoms. The number of allylic oxidation sites excluding steroid dienone is 1. The lowest BCUT2D eigenvalue weighted by Crippen LogP contribution is -2.28. The molecule has 1 heterocycles. The van der Waals surface area contributed by atoms with E-state index in [1.54, 1.807) is 19.2 Å². The minimum Gasteiger partial charge on any atom is -0.408 e.